The van der Waals surface area contributed by atoms with E-state index in [1.807, 2.05) is 30.3 Å². The predicted octanol–water partition coefficient (Wildman–Crippen LogP) is 3.08. The fraction of sp³-hybridized carbons (Fsp3) is 0.176. The van der Waals surface area contributed by atoms with E-state index in [0.29, 0.717) is 10.6 Å². The molecule has 0 radical (unpaired) electrons. The van der Waals surface area contributed by atoms with Gasteiger partial charge in [0.2, 0.25) is 5.91 Å². The lowest BCUT2D eigenvalue weighted by Crippen LogP contribution is -2.49. The van der Waals surface area contributed by atoms with Gasteiger partial charge >= 0.3 is 0 Å². The summed E-state index contributed by atoms with van der Waals surface area (Å²) in [4.78, 5) is 24.4. The summed E-state index contributed by atoms with van der Waals surface area (Å²) in [6.07, 6.45) is 0. The lowest BCUT2D eigenvalue weighted by atomic mass is 9.84. The summed E-state index contributed by atoms with van der Waals surface area (Å²) >= 11 is 5.95. The van der Waals surface area contributed by atoms with Crippen LogP contribution in [0.15, 0.2) is 54.6 Å². The Morgan fingerprint density at radius 3 is 2.14 bits per heavy atom. The van der Waals surface area contributed by atoms with E-state index in [1.165, 1.54) is 0 Å². The Morgan fingerprint density at radius 1 is 0.909 bits per heavy atom. The number of nitrogens with one attached hydrogen (secondary N) is 2. The van der Waals surface area contributed by atoms with Gasteiger partial charge in [0.1, 0.15) is 0 Å². The number of hydrazine groups is 1. The fourth-order valence-corrected chi connectivity index (χ4v) is 2.19. The number of carbonyl (C=O) groups is 2. The van der Waals surface area contributed by atoms with Crippen LogP contribution in [-0.4, -0.2) is 11.8 Å². The molecule has 0 saturated carbocycles. The SMILES string of the molecule is CC(C)(C(=O)NNC(=O)c1ccccc1Cl)c1ccccc1. The molecule has 2 rings (SSSR count). The van der Waals surface area contributed by atoms with Crippen molar-refractivity contribution in [1.29, 1.82) is 0 Å². The number of carbonyl (C=O) groups excluding carboxylic acids is 2. The average molecular weight is 317 g/mol. The van der Waals surface area contributed by atoms with Gasteiger partial charge in [0.25, 0.3) is 5.91 Å². The van der Waals surface area contributed by atoms with E-state index >= 15 is 0 Å². The third-order valence-electron chi connectivity index (χ3n) is 3.47. The molecule has 2 aromatic carbocycles. The lowest BCUT2D eigenvalue weighted by molar-refractivity contribution is -0.126. The molecule has 0 fully saturated rings. The van der Waals surface area contributed by atoms with E-state index in [1.54, 1.807) is 38.1 Å². The van der Waals surface area contributed by atoms with Gasteiger partial charge in [-0.1, -0.05) is 54.1 Å². The zero-order valence-electron chi connectivity index (χ0n) is 12.4. The standard InChI is InChI=1S/C17H17ClN2O2/c1-17(2,12-8-4-3-5-9-12)16(22)20-19-15(21)13-10-6-7-11-14(13)18/h3-11H,1-2H3,(H,19,21)(H,20,22). The van der Waals surface area contributed by atoms with Crippen LogP contribution in [0.2, 0.25) is 5.02 Å². The summed E-state index contributed by atoms with van der Waals surface area (Å²) in [5, 5.41) is 0.330. The second-order valence-corrected chi connectivity index (χ2v) is 5.79. The Labute approximate surface area is 134 Å². The molecule has 0 atom stereocenters. The Bertz CT molecular complexity index is 684. The van der Waals surface area contributed by atoms with E-state index in [-0.39, 0.29) is 5.91 Å². The summed E-state index contributed by atoms with van der Waals surface area (Å²) in [6.45, 7) is 3.58. The molecule has 0 aliphatic heterocycles. The van der Waals surface area contributed by atoms with Crippen LogP contribution in [-0.2, 0) is 10.2 Å². The molecule has 0 aliphatic carbocycles. The second kappa shape index (κ2) is 6.62. The number of halogens is 1. The molecule has 114 valence electrons. The molecule has 0 unspecified atom stereocenters. The Kier molecular flexibility index (Phi) is 4.83. The van der Waals surface area contributed by atoms with Crippen LogP contribution in [0.4, 0.5) is 0 Å². The van der Waals surface area contributed by atoms with Crippen molar-refractivity contribution >= 4 is 23.4 Å². The Morgan fingerprint density at radius 2 is 1.50 bits per heavy atom. The first-order valence-corrected chi connectivity index (χ1v) is 7.21. The highest BCUT2D eigenvalue weighted by Gasteiger charge is 2.29. The topological polar surface area (TPSA) is 58.2 Å². The highest BCUT2D eigenvalue weighted by atomic mass is 35.5. The Hall–Kier alpha value is -2.33. The van der Waals surface area contributed by atoms with Gasteiger partial charge in [-0.05, 0) is 31.5 Å². The van der Waals surface area contributed by atoms with Gasteiger partial charge in [-0.15, -0.1) is 0 Å². The minimum absolute atomic E-state index is 0.306. The maximum atomic E-state index is 12.3. The number of rotatable bonds is 3. The molecule has 5 heteroatoms. The van der Waals surface area contributed by atoms with Crippen molar-refractivity contribution in [2.75, 3.05) is 0 Å². The third-order valence-corrected chi connectivity index (χ3v) is 3.80. The molecule has 0 aliphatic rings. The van der Waals surface area contributed by atoms with Crippen molar-refractivity contribution in [2.45, 2.75) is 19.3 Å². The van der Waals surface area contributed by atoms with Gasteiger partial charge in [-0.3, -0.25) is 20.4 Å². The molecular weight excluding hydrogens is 300 g/mol. The largest absolute Gasteiger partial charge is 0.272 e. The summed E-state index contributed by atoms with van der Waals surface area (Å²) in [7, 11) is 0. The lowest BCUT2D eigenvalue weighted by Gasteiger charge is -2.24. The second-order valence-electron chi connectivity index (χ2n) is 5.38. The number of hydrogen-bond acceptors (Lipinski definition) is 2. The quantitative estimate of drug-likeness (QED) is 0.855. The molecule has 22 heavy (non-hydrogen) atoms. The zero-order chi connectivity index (χ0) is 16.2. The Balaban J connectivity index is 2.04. The van der Waals surface area contributed by atoms with Crippen molar-refractivity contribution < 1.29 is 9.59 Å². The highest BCUT2D eigenvalue weighted by molar-refractivity contribution is 6.33. The zero-order valence-corrected chi connectivity index (χ0v) is 13.1. The van der Waals surface area contributed by atoms with Gasteiger partial charge in [0.05, 0.1) is 16.0 Å². The van der Waals surface area contributed by atoms with Crippen LogP contribution in [0.1, 0.15) is 29.8 Å². The van der Waals surface area contributed by atoms with Crippen molar-refractivity contribution in [2.24, 2.45) is 0 Å². The van der Waals surface area contributed by atoms with Gasteiger partial charge in [0.15, 0.2) is 0 Å². The molecule has 0 heterocycles. The van der Waals surface area contributed by atoms with Crippen LogP contribution >= 0.6 is 11.6 Å². The van der Waals surface area contributed by atoms with Crippen molar-refractivity contribution in [3.05, 3.63) is 70.7 Å². The molecular formula is C17H17ClN2O2. The maximum Gasteiger partial charge on any atom is 0.271 e. The predicted molar refractivity (Wildman–Crippen MR) is 86.5 cm³/mol. The van der Waals surface area contributed by atoms with Crippen LogP contribution in [0.5, 0.6) is 0 Å². The highest BCUT2D eigenvalue weighted by Crippen LogP contribution is 2.22. The number of hydrogen-bond donors (Lipinski definition) is 2. The molecule has 2 amide bonds. The molecule has 0 aromatic heterocycles. The van der Waals surface area contributed by atoms with Gasteiger partial charge in [0, 0.05) is 0 Å². The van der Waals surface area contributed by atoms with Gasteiger partial charge in [-0.2, -0.15) is 0 Å². The molecule has 0 bridgehead atoms. The molecule has 2 N–H and O–H groups in total. The molecule has 4 nitrogen and oxygen atoms in total. The monoisotopic (exact) mass is 316 g/mol. The van der Waals surface area contributed by atoms with Crippen LogP contribution < -0.4 is 10.9 Å². The minimum atomic E-state index is -0.769. The van der Waals surface area contributed by atoms with Crippen molar-refractivity contribution in [3.63, 3.8) is 0 Å². The maximum absolute atomic E-state index is 12.3. The van der Waals surface area contributed by atoms with E-state index in [2.05, 4.69) is 10.9 Å². The van der Waals surface area contributed by atoms with E-state index in [0.717, 1.165) is 5.56 Å². The van der Waals surface area contributed by atoms with Crippen LogP contribution in [0.25, 0.3) is 0 Å². The summed E-state index contributed by atoms with van der Waals surface area (Å²) in [5.74, 6) is -0.762. The number of benzene rings is 2. The molecule has 2 aromatic rings. The minimum Gasteiger partial charge on any atom is -0.272 e. The fourth-order valence-electron chi connectivity index (χ4n) is 1.97. The first-order chi connectivity index (χ1) is 10.4. The summed E-state index contributed by atoms with van der Waals surface area (Å²) < 4.78 is 0. The van der Waals surface area contributed by atoms with Gasteiger partial charge in [-0.25, -0.2) is 0 Å². The smallest absolute Gasteiger partial charge is 0.271 e. The van der Waals surface area contributed by atoms with E-state index in [4.69, 9.17) is 11.6 Å². The first-order valence-electron chi connectivity index (χ1n) is 6.84. The van der Waals surface area contributed by atoms with Crippen LogP contribution in [0.3, 0.4) is 0 Å². The average Bonchev–Trinajstić information content (AvgIpc) is 2.53. The normalized spacial score (nSPS) is 10.9. The van der Waals surface area contributed by atoms with E-state index in [9.17, 15) is 9.59 Å². The summed E-state index contributed by atoms with van der Waals surface area (Å²) in [5.41, 5.74) is 5.24. The van der Waals surface area contributed by atoms with Gasteiger partial charge < -0.3 is 0 Å². The van der Waals surface area contributed by atoms with Crippen molar-refractivity contribution in [3.8, 4) is 0 Å². The van der Waals surface area contributed by atoms with E-state index < -0.39 is 11.3 Å². The van der Waals surface area contributed by atoms with Crippen molar-refractivity contribution in [1.82, 2.24) is 10.9 Å². The third kappa shape index (κ3) is 3.46. The molecule has 0 saturated heterocycles. The first kappa shape index (κ1) is 16.0. The van der Waals surface area contributed by atoms with Crippen LogP contribution in [0, 0.1) is 0 Å². The summed E-state index contributed by atoms with van der Waals surface area (Å²) in [6, 6.07) is 16.0. The molecule has 0 spiro atoms. The number of amides is 2.